The van der Waals surface area contributed by atoms with Crippen LogP contribution in [0.4, 0.5) is 0 Å². The van der Waals surface area contributed by atoms with E-state index in [1.165, 1.54) is 5.56 Å². The van der Waals surface area contributed by atoms with Gasteiger partial charge >= 0.3 is 0 Å². The number of ether oxygens (including phenoxy) is 2. The second-order valence-corrected chi connectivity index (χ2v) is 5.72. The van der Waals surface area contributed by atoms with E-state index in [4.69, 9.17) is 9.47 Å². The van der Waals surface area contributed by atoms with Crippen molar-refractivity contribution in [3.63, 3.8) is 0 Å². The molecule has 24 heavy (non-hydrogen) atoms. The van der Waals surface area contributed by atoms with Crippen molar-refractivity contribution in [2.75, 3.05) is 13.7 Å². The molecule has 0 radical (unpaired) electrons. The summed E-state index contributed by atoms with van der Waals surface area (Å²) in [6, 6.07) is 17.5. The Morgan fingerprint density at radius 1 is 1.04 bits per heavy atom. The van der Waals surface area contributed by atoms with Gasteiger partial charge in [0.15, 0.2) is 17.6 Å². The van der Waals surface area contributed by atoms with Gasteiger partial charge < -0.3 is 14.8 Å². The van der Waals surface area contributed by atoms with E-state index in [1.54, 1.807) is 13.2 Å². The van der Waals surface area contributed by atoms with Gasteiger partial charge in [-0.25, -0.2) is 0 Å². The van der Waals surface area contributed by atoms with Crippen molar-refractivity contribution < 1.29 is 14.3 Å². The van der Waals surface area contributed by atoms with Gasteiger partial charge in [0.05, 0.1) is 7.11 Å². The van der Waals surface area contributed by atoms with Crippen molar-refractivity contribution >= 4 is 5.91 Å². The molecule has 0 aliphatic carbocycles. The van der Waals surface area contributed by atoms with Crippen LogP contribution in [0.15, 0.2) is 54.6 Å². The summed E-state index contributed by atoms with van der Waals surface area (Å²) in [5, 5.41) is 2.98. The zero-order valence-corrected chi connectivity index (χ0v) is 14.5. The first-order chi connectivity index (χ1) is 11.7. The standard InChI is InChI=1S/C20H25NO3/c1-4-17(24-19-13-9-8-12-18(19)23-3)20(22)21-14-15(2)16-10-6-5-7-11-16/h5-13,15,17H,4,14H2,1-3H3,(H,21,22)/t15-,17+/m0/s1. The maximum Gasteiger partial charge on any atom is 0.261 e. The third-order valence-electron chi connectivity index (χ3n) is 3.95. The summed E-state index contributed by atoms with van der Waals surface area (Å²) in [6.07, 6.45) is 0.0492. The lowest BCUT2D eigenvalue weighted by Gasteiger charge is -2.20. The number of benzene rings is 2. The smallest absolute Gasteiger partial charge is 0.261 e. The van der Waals surface area contributed by atoms with E-state index >= 15 is 0 Å². The maximum absolute atomic E-state index is 12.4. The molecule has 4 nitrogen and oxygen atoms in total. The fourth-order valence-electron chi connectivity index (χ4n) is 2.46. The number of nitrogens with one attached hydrogen (secondary N) is 1. The molecule has 2 aromatic carbocycles. The molecule has 4 heteroatoms. The maximum atomic E-state index is 12.4. The van der Waals surface area contributed by atoms with E-state index in [-0.39, 0.29) is 11.8 Å². The van der Waals surface area contributed by atoms with Gasteiger partial charge in [0.1, 0.15) is 0 Å². The summed E-state index contributed by atoms with van der Waals surface area (Å²) in [5.41, 5.74) is 1.21. The van der Waals surface area contributed by atoms with E-state index in [0.717, 1.165) is 0 Å². The summed E-state index contributed by atoms with van der Waals surface area (Å²) in [5.74, 6) is 1.35. The summed E-state index contributed by atoms with van der Waals surface area (Å²) in [6.45, 7) is 4.60. The van der Waals surface area contributed by atoms with Crippen LogP contribution in [0, 0.1) is 0 Å². The minimum absolute atomic E-state index is 0.105. The molecule has 1 N–H and O–H groups in total. The molecule has 128 valence electrons. The van der Waals surface area contributed by atoms with E-state index in [2.05, 4.69) is 24.4 Å². The summed E-state index contributed by atoms with van der Waals surface area (Å²) in [4.78, 5) is 12.4. The Balaban J connectivity index is 1.94. The van der Waals surface area contributed by atoms with Crippen LogP contribution in [-0.4, -0.2) is 25.7 Å². The molecule has 0 spiro atoms. The lowest BCUT2D eigenvalue weighted by molar-refractivity contribution is -0.128. The lowest BCUT2D eigenvalue weighted by Crippen LogP contribution is -2.39. The van der Waals surface area contributed by atoms with Crippen molar-refractivity contribution in [1.82, 2.24) is 5.32 Å². The Bertz CT molecular complexity index is 642. The van der Waals surface area contributed by atoms with Crippen molar-refractivity contribution in [2.45, 2.75) is 32.3 Å². The zero-order valence-electron chi connectivity index (χ0n) is 14.5. The highest BCUT2D eigenvalue weighted by Crippen LogP contribution is 2.27. The van der Waals surface area contributed by atoms with Crippen LogP contribution in [0.5, 0.6) is 11.5 Å². The Labute approximate surface area is 143 Å². The minimum Gasteiger partial charge on any atom is -0.493 e. The van der Waals surface area contributed by atoms with E-state index < -0.39 is 6.10 Å². The molecule has 2 rings (SSSR count). The van der Waals surface area contributed by atoms with Gasteiger partial charge in [-0.1, -0.05) is 56.3 Å². The van der Waals surface area contributed by atoms with E-state index in [9.17, 15) is 4.79 Å². The number of amides is 1. The topological polar surface area (TPSA) is 47.6 Å². The third-order valence-corrected chi connectivity index (χ3v) is 3.95. The number of para-hydroxylation sites is 2. The molecule has 1 amide bonds. The normalized spacial score (nSPS) is 13.0. The summed E-state index contributed by atoms with van der Waals surface area (Å²) >= 11 is 0. The molecular weight excluding hydrogens is 302 g/mol. The second kappa shape index (κ2) is 8.96. The molecule has 2 atom stereocenters. The van der Waals surface area contributed by atoms with Gasteiger partial charge in [0, 0.05) is 6.54 Å². The van der Waals surface area contributed by atoms with Crippen LogP contribution in [0.3, 0.4) is 0 Å². The van der Waals surface area contributed by atoms with Crippen LogP contribution < -0.4 is 14.8 Å². The molecule has 0 bridgehead atoms. The van der Waals surface area contributed by atoms with Crippen LogP contribution in [0.25, 0.3) is 0 Å². The second-order valence-electron chi connectivity index (χ2n) is 5.72. The minimum atomic E-state index is -0.538. The number of hydrogen-bond acceptors (Lipinski definition) is 3. The first kappa shape index (κ1) is 17.9. The number of carbonyl (C=O) groups excluding carboxylic acids is 1. The van der Waals surface area contributed by atoms with Gasteiger partial charge in [0.2, 0.25) is 0 Å². The largest absolute Gasteiger partial charge is 0.493 e. The highest BCUT2D eigenvalue weighted by molar-refractivity contribution is 5.81. The SMILES string of the molecule is CC[C@@H](Oc1ccccc1OC)C(=O)NC[C@H](C)c1ccccc1. The quantitative estimate of drug-likeness (QED) is 0.803. The number of carbonyl (C=O) groups is 1. The van der Waals surface area contributed by atoms with Gasteiger partial charge in [0.25, 0.3) is 5.91 Å². The molecule has 0 saturated heterocycles. The van der Waals surface area contributed by atoms with Crippen molar-refractivity contribution in [2.24, 2.45) is 0 Å². The molecule has 0 unspecified atom stereocenters. The van der Waals surface area contributed by atoms with Crippen molar-refractivity contribution in [3.05, 3.63) is 60.2 Å². The fraction of sp³-hybridized carbons (Fsp3) is 0.350. The monoisotopic (exact) mass is 327 g/mol. The lowest BCUT2D eigenvalue weighted by atomic mass is 10.0. The van der Waals surface area contributed by atoms with Gasteiger partial charge in [-0.2, -0.15) is 0 Å². The summed E-state index contributed by atoms with van der Waals surface area (Å²) < 4.78 is 11.1. The molecule has 0 fully saturated rings. The third kappa shape index (κ3) is 4.75. The van der Waals surface area contributed by atoms with Crippen molar-refractivity contribution in [1.29, 1.82) is 0 Å². The number of hydrogen-bond donors (Lipinski definition) is 1. The van der Waals surface area contributed by atoms with Gasteiger partial charge in [-0.05, 0) is 30.0 Å². The first-order valence-corrected chi connectivity index (χ1v) is 8.28. The average Bonchev–Trinajstić information content (AvgIpc) is 2.64. The van der Waals surface area contributed by atoms with Crippen LogP contribution in [0.1, 0.15) is 31.7 Å². The predicted octanol–water partition coefficient (Wildman–Crippen LogP) is 3.77. The van der Waals surface area contributed by atoms with E-state index in [1.807, 2.05) is 43.3 Å². The van der Waals surface area contributed by atoms with Crippen LogP contribution >= 0.6 is 0 Å². The Morgan fingerprint density at radius 2 is 1.67 bits per heavy atom. The number of rotatable bonds is 8. The van der Waals surface area contributed by atoms with Gasteiger partial charge in [-0.15, -0.1) is 0 Å². The molecule has 0 aliphatic rings. The molecular formula is C20H25NO3. The predicted molar refractivity (Wildman–Crippen MR) is 95.6 cm³/mol. The molecule has 0 heterocycles. The summed E-state index contributed by atoms with van der Waals surface area (Å²) in [7, 11) is 1.59. The molecule has 0 saturated carbocycles. The molecule has 0 aliphatic heterocycles. The molecule has 0 aromatic heterocycles. The average molecular weight is 327 g/mol. The highest BCUT2D eigenvalue weighted by atomic mass is 16.5. The first-order valence-electron chi connectivity index (χ1n) is 8.28. The fourth-order valence-corrected chi connectivity index (χ4v) is 2.46. The van der Waals surface area contributed by atoms with Crippen molar-refractivity contribution in [3.8, 4) is 11.5 Å². The van der Waals surface area contributed by atoms with E-state index in [0.29, 0.717) is 24.5 Å². The number of methoxy groups -OCH3 is 1. The van der Waals surface area contributed by atoms with Crippen LogP contribution in [-0.2, 0) is 4.79 Å². The molecule has 2 aromatic rings. The zero-order chi connectivity index (χ0) is 17.4. The van der Waals surface area contributed by atoms with Gasteiger partial charge in [-0.3, -0.25) is 4.79 Å². The van der Waals surface area contributed by atoms with Crippen LogP contribution in [0.2, 0.25) is 0 Å². The Morgan fingerprint density at radius 3 is 2.29 bits per heavy atom. The Hall–Kier alpha value is -2.49. The Kier molecular flexibility index (Phi) is 6.67. The highest BCUT2D eigenvalue weighted by Gasteiger charge is 2.20.